The molecule has 0 saturated carbocycles. The highest BCUT2D eigenvalue weighted by molar-refractivity contribution is 7.99. The van der Waals surface area contributed by atoms with Gasteiger partial charge >= 0.3 is 0 Å². The van der Waals surface area contributed by atoms with Gasteiger partial charge in [-0.2, -0.15) is 11.8 Å². The van der Waals surface area contributed by atoms with E-state index in [-0.39, 0.29) is 18.4 Å². The Morgan fingerprint density at radius 2 is 2.04 bits per heavy atom. The van der Waals surface area contributed by atoms with Crippen LogP contribution in [0, 0.1) is 6.92 Å². The third-order valence-corrected chi connectivity index (χ3v) is 4.85. The van der Waals surface area contributed by atoms with Gasteiger partial charge in [0.25, 0.3) is 5.91 Å². The van der Waals surface area contributed by atoms with E-state index in [4.69, 9.17) is 4.74 Å². The summed E-state index contributed by atoms with van der Waals surface area (Å²) >= 11 is 1.87. The molecule has 0 radical (unpaired) electrons. The van der Waals surface area contributed by atoms with Crippen molar-refractivity contribution >= 4 is 29.3 Å². The second-order valence-electron chi connectivity index (χ2n) is 5.60. The standard InChI is InChI=1S/C17H25N3O3S/c1-13-14(17(22)20-7-10-24-11-8-20)4-3-5-15(13)19-16(21)12-18-6-9-23-2/h3-5,18H,6-12H2,1-2H3,(H,19,21). The number of benzene rings is 1. The fourth-order valence-electron chi connectivity index (χ4n) is 2.51. The van der Waals surface area contributed by atoms with Crippen molar-refractivity contribution < 1.29 is 14.3 Å². The minimum atomic E-state index is -0.131. The maximum atomic E-state index is 12.7. The lowest BCUT2D eigenvalue weighted by atomic mass is 10.1. The van der Waals surface area contributed by atoms with Crippen molar-refractivity contribution in [2.24, 2.45) is 0 Å². The number of thioether (sulfide) groups is 1. The molecule has 1 aliphatic heterocycles. The molecule has 2 N–H and O–H groups in total. The van der Waals surface area contributed by atoms with Crippen LogP contribution in [0.15, 0.2) is 18.2 Å². The lowest BCUT2D eigenvalue weighted by Gasteiger charge is -2.27. The summed E-state index contributed by atoms with van der Waals surface area (Å²) in [7, 11) is 1.62. The molecule has 0 unspecified atom stereocenters. The summed E-state index contributed by atoms with van der Waals surface area (Å²) in [5.74, 6) is 1.87. The third-order valence-electron chi connectivity index (χ3n) is 3.91. The Labute approximate surface area is 147 Å². The lowest BCUT2D eigenvalue weighted by Crippen LogP contribution is -2.38. The van der Waals surface area contributed by atoms with Crippen LogP contribution in [0.3, 0.4) is 0 Å². The molecule has 2 amide bonds. The van der Waals surface area contributed by atoms with Gasteiger partial charge in [-0.3, -0.25) is 9.59 Å². The Morgan fingerprint density at radius 1 is 1.29 bits per heavy atom. The molecule has 1 aromatic carbocycles. The van der Waals surface area contributed by atoms with Gasteiger partial charge in [-0.25, -0.2) is 0 Å². The zero-order chi connectivity index (χ0) is 17.4. The molecule has 1 heterocycles. The first kappa shape index (κ1) is 18.8. The Hall–Kier alpha value is -1.57. The predicted molar refractivity (Wildman–Crippen MR) is 97.8 cm³/mol. The van der Waals surface area contributed by atoms with Gasteiger partial charge in [0, 0.05) is 49.5 Å². The smallest absolute Gasteiger partial charge is 0.254 e. The lowest BCUT2D eigenvalue weighted by molar-refractivity contribution is -0.115. The SMILES string of the molecule is COCCNCC(=O)Nc1cccc(C(=O)N2CCSCC2)c1C. The van der Waals surface area contributed by atoms with Gasteiger partial charge in [-0.15, -0.1) is 0 Å². The summed E-state index contributed by atoms with van der Waals surface area (Å²) in [5.41, 5.74) is 2.16. The monoisotopic (exact) mass is 351 g/mol. The van der Waals surface area contributed by atoms with E-state index >= 15 is 0 Å². The van der Waals surface area contributed by atoms with Gasteiger partial charge in [0.05, 0.1) is 13.2 Å². The number of nitrogens with one attached hydrogen (secondary N) is 2. The topological polar surface area (TPSA) is 70.7 Å². The van der Waals surface area contributed by atoms with Crippen LogP contribution in [0.1, 0.15) is 15.9 Å². The maximum absolute atomic E-state index is 12.7. The Bertz CT molecular complexity index is 574. The van der Waals surface area contributed by atoms with E-state index in [9.17, 15) is 9.59 Å². The highest BCUT2D eigenvalue weighted by Crippen LogP contribution is 2.21. The third kappa shape index (κ3) is 5.22. The molecule has 1 fully saturated rings. The minimum absolute atomic E-state index is 0.0436. The Kier molecular flexibility index (Phi) is 7.55. The summed E-state index contributed by atoms with van der Waals surface area (Å²) in [6.45, 7) is 4.83. The number of anilines is 1. The molecule has 0 aromatic heterocycles. The average molecular weight is 351 g/mol. The molecule has 6 nitrogen and oxygen atoms in total. The normalized spacial score (nSPS) is 14.5. The van der Waals surface area contributed by atoms with Gasteiger partial charge in [0.1, 0.15) is 0 Å². The van der Waals surface area contributed by atoms with Gasteiger partial charge in [0.2, 0.25) is 5.91 Å². The number of hydrogen-bond donors (Lipinski definition) is 2. The zero-order valence-corrected chi connectivity index (χ0v) is 15.1. The van der Waals surface area contributed by atoms with Crippen molar-refractivity contribution in [3.8, 4) is 0 Å². The van der Waals surface area contributed by atoms with E-state index in [0.29, 0.717) is 24.4 Å². The van der Waals surface area contributed by atoms with E-state index in [2.05, 4.69) is 10.6 Å². The van der Waals surface area contributed by atoms with Crippen molar-refractivity contribution in [3.63, 3.8) is 0 Å². The van der Waals surface area contributed by atoms with Crippen LogP contribution in [-0.2, 0) is 9.53 Å². The van der Waals surface area contributed by atoms with Crippen LogP contribution < -0.4 is 10.6 Å². The van der Waals surface area contributed by atoms with Gasteiger partial charge < -0.3 is 20.3 Å². The Balaban J connectivity index is 1.99. The van der Waals surface area contributed by atoms with E-state index in [1.54, 1.807) is 7.11 Å². The number of carbonyl (C=O) groups excluding carboxylic acids is 2. The second kappa shape index (κ2) is 9.66. The highest BCUT2D eigenvalue weighted by Gasteiger charge is 2.21. The Morgan fingerprint density at radius 3 is 2.75 bits per heavy atom. The first-order valence-corrected chi connectivity index (χ1v) is 9.25. The number of rotatable bonds is 7. The van der Waals surface area contributed by atoms with E-state index in [1.165, 1.54) is 0 Å². The van der Waals surface area contributed by atoms with E-state index in [1.807, 2.05) is 41.8 Å². The number of hydrogen-bond acceptors (Lipinski definition) is 5. The number of carbonyl (C=O) groups is 2. The number of methoxy groups -OCH3 is 1. The zero-order valence-electron chi connectivity index (χ0n) is 14.3. The van der Waals surface area contributed by atoms with Crippen molar-refractivity contribution in [3.05, 3.63) is 29.3 Å². The van der Waals surface area contributed by atoms with Crippen LogP contribution in [-0.4, -0.2) is 68.1 Å². The highest BCUT2D eigenvalue weighted by atomic mass is 32.2. The van der Waals surface area contributed by atoms with Crippen molar-refractivity contribution in [2.45, 2.75) is 6.92 Å². The summed E-state index contributed by atoms with van der Waals surface area (Å²) < 4.78 is 4.92. The van der Waals surface area contributed by atoms with Crippen LogP contribution in [0.5, 0.6) is 0 Å². The predicted octanol–water partition coefficient (Wildman–Crippen LogP) is 1.36. The summed E-state index contributed by atoms with van der Waals surface area (Å²) in [6, 6.07) is 5.46. The second-order valence-corrected chi connectivity index (χ2v) is 6.83. The fourth-order valence-corrected chi connectivity index (χ4v) is 3.41. The number of ether oxygens (including phenoxy) is 1. The minimum Gasteiger partial charge on any atom is -0.383 e. The molecule has 1 aliphatic rings. The molecule has 0 bridgehead atoms. The van der Waals surface area contributed by atoms with E-state index < -0.39 is 0 Å². The molecular weight excluding hydrogens is 326 g/mol. The van der Waals surface area contributed by atoms with Crippen molar-refractivity contribution in [1.82, 2.24) is 10.2 Å². The van der Waals surface area contributed by atoms with Crippen molar-refractivity contribution in [1.29, 1.82) is 0 Å². The van der Waals surface area contributed by atoms with Gasteiger partial charge in [0.15, 0.2) is 0 Å². The molecule has 1 saturated heterocycles. The van der Waals surface area contributed by atoms with Crippen molar-refractivity contribution in [2.75, 3.05) is 56.7 Å². The first-order valence-electron chi connectivity index (χ1n) is 8.09. The van der Waals surface area contributed by atoms with Gasteiger partial charge in [-0.1, -0.05) is 6.07 Å². The first-order chi connectivity index (χ1) is 11.6. The molecule has 2 rings (SSSR count). The van der Waals surface area contributed by atoms with Crippen LogP contribution in [0.4, 0.5) is 5.69 Å². The van der Waals surface area contributed by atoms with Crippen LogP contribution in [0.2, 0.25) is 0 Å². The van der Waals surface area contributed by atoms with Crippen LogP contribution in [0.25, 0.3) is 0 Å². The molecule has 24 heavy (non-hydrogen) atoms. The molecule has 1 aromatic rings. The van der Waals surface area contributed by atoms with Gasteiger partial charge in [-0.05, 0) is 24.6 Å². The molecule has 0 atom stereocenters. The maximum Gasteiger partial charge on any atom is 0.254 e. The van der Waals surface area contributed by atoms with Crippen LogP contribution >= 0.6 is 11.8 Å². The molecule has 132 valence electrons. The quantitative estimate of drug-likeness (QED) is 0.726. The number of nitrogens with zero attached hydrogens (tertiary/aromatic N) is 1. The molecule has 0 aliphatic carbocycles. The molecule has 7 heteroatoms. The largest absolute Gasteiger partial charge is 0.383 e. The summed E-state index contributed by atoms with van der Waals surface area (Å²) in [6.07, 6.45) is 0. The summed E-state index contributed by atoms with van der Waals surface area (Å²) in [4.78, 5) is 26.6. The average Bonchev–Trinajstić information content (AvgIpc) is 2.61. The fraction of sp³-hybridized carbons (Fsp3) is 0.529. The van der Waals surface area contributed by atoms with E-state index in [0.717, 1.165) is 30.2 Å². The summed E-state index contributed by atoms with van der Waals surface area (Å²) in [5, 5.41) is 5.87. The molecule has 0 spiro atoms. The number of amides is 2. The molecular formula is C17H25N3O3S.